The molecule has 0 aliphatic carbocycles. The number of nitrogens with zero attached hydrogens (tertiary/aromatic N) is 6. The first-order valence-electron chi connectivity index (χ1n) is 11.4. The molecule has 1 amide bonds. The van der Waals surface area contributed by atoms with Gasteiger partial charge < -0.3 is 24.7 Å². The number of imidazole rings is 1. The summed E-state index contributed by atoms with van der Waals surface area (Å²) >= 11 is 0. The van der Waals surface area contributed by atoms with Crippen molar-refractivity contribution in [2.24, 2.45) is 0 Å². The van der Waals surface area contributed by atoms with E-state index in [4.69, 9.17) is 4.74 Å². The van der Waals surface area contributed by atoms with Gasteiger partial charge in [-0.05, 0) is 39.0 Å². The van der Waals surface area contributed by atoms with Crippen LogP contribution in [0.5, 0.6) is 6.01 Å². The van der Waals surface area contributed by atoms with Gasteiger partial charge in [-0.25, -0.2) is 9.97 Å². The first-order chi connectivity index (χ1) is 16.9. The van der Waals surface area contributed by atoms with Gasteiger partial charge in [-0.1, -0.05) is 0 Å². The number of anilines is 2. The summed E-state index contributed by atoms with van der Waals surface area (Å²) in [6.45, 7) is 7.82. The van der Waals surface area contributed by atoms with Gasteiger partial charge in [0.15, 0.2) is 5.65 Å². The molecular formula is C25H26N8O2. The number of nitrogens with one attached hydrogen (secondary N) is 2. The Labute approximate surface area is 202 Å². The first kappa shape index (κ1) is 22.6. The van der Waals surface area contributed by atoms with Crippen LogP contribution in [0.25, 0.3) is 16.6 Å². The van der Waals surface area contributed by atoms with Crippen LogP contribution in [0.1, 0.15) is 35.5 Å². The third-order valence-corrected chi connectivity index (χ3v) is 6.08. The Morgan fingerprint density at radius 2 is 2.00 bits per heavy atom. The standard InChI is InChI=1S/C25H26N8O2/c1-14-10-32(11-15(2)28-14)21-6-5-19(22-20(21)9-27-25(31-22)35-4)24(34)30-18-7-17(8-26)23-29-16(3)12-33(23)13-18/h5-7,9,12-15,28H,10-11H2,1-4H3,(H,30,34)/t14-,15-/m1/s1. The van der Waals surface area contributed by atoms with E-state index in [1.807, 2.05) is 19.2 Å². The molecule has 35 heavy (non-hydrogen) atoms. The van der Waals surface area contributed by atoms with Crippen molar-refractivity contribution in [3.8, 4) is 12.1 Å². The molecule has 2 atom stereocenters. The summed E-state index contributed by atoms with van der Waals surface area (Å²) in [5.74, 6) is -0.343. The number of rotatable bonds is 4. The van der Waals surface area contributed by atoms with E-state index in [1.165, 1.54) is 7.11 Å². The van der Waals surface area contributed by atoms with Crippen LogP contribution in [0, 0.1) is 18.3 Å². The zero-order valence-electron chi connectivity index (χ0n) is 20.0. The van der Waals surface area contributed by atoms with E-state index in [-0.39, 0.29) is 11.9 Å². The van der Waals surface area contributed by atoms with Crippen LogP contribution in [0.3, 0.4) is 0 Å². The molecule has 10 heteroatoms. The number of carbonyl (C=O) groups is 1. The average Bonchev–Trinajstić information content (AvgIpc) is 3.21. The molecule has 0 unspecified atom stereocenters. The fourth-order valence-electron chi connectivity index (χ4n) is 4.74. The molecule has 1 aromatic carbocycles. The second-order valence-electron chi connectivity index (χ2n) is 8.95. The number of hydrogen-bond acceptors (Lipinski definition) is 8. The lowest BCUT2D eigenvalue weighted by molar-refractivity contribution is 0.102. The van der Waals surface area contributed by atoms with Crippen LogP contribution in [0.4, 0.5) is 11.4 Å². The Bertz CT molecular complexity index is 1480. The van der Waals surface area contributed by atoms with E-state index < -0.39 is 0 Å². The molecule has 2 N–H and O–H groups in total. The Kier molecular flexibility index (Phi) is 5.70. The summed E-state index contributed by atoms with van der Waals surface area (Å²) in [6.07, 6.45) is 5.26. The number of methoxy groups -OCH3 is 1. The molecule has 5 rings (SSSR count). The topological polar surface area (TPSA) is 120 Å². The molecule has 3 aromatic heterocycles. The van der Waals surface area contributed by atoms with Crippen LogP contribution in [-0.4, -0.2) is 57.5 Å². The van der Waals surface area contributed by atoms with Gasteiger partial charge in [0.25, 0.3) is 5.91 Å². The van der Waals surface area contributed by atoms with Crippen molar-refractivity contribution < 1.29 is 9.53 Å². The number of aryl methyl sites for hydroxylation is 1. The first-order valence-corrected chi connectivity index (χ1v) is 11.4. The maximum absolute atomic E-state index is 13.4. The Balaban J connectivity index is 1.55. The number of amides is 1. The minimum atomic E-state index is -0.343. The van der Waals surface area contributed by atoms with Gasteiger partial charge in [0.2, 0.25) is 0 Å². The second-order valence-corrected chi connectivity index (χ2v) is 8.95. The Hall–Kier alpha value is -4.23. The van der Waals surface area contributed by atoms with Crippen molar-refractivity contribution >= 4 is 33.8 Å². The molecule has 10 nitrogen and oxygen atoms in total. The van der Waals surface area contributed by atoms with Crippen molar-refractivity contribution in [3.05, 3.63) is 53.6 Å². The van der Waals surface area contributed by atoms with Crippen molar-refractivity contribution in [1.29, 1.82) is 5.26 Å². The molecule has 0 radical (unpaired) electrons. The monoisotopic (exact) mass is 470 g/mol. The molecule has 1 aliphatic heterocycles. The maximum Gasteiger partial charge on any atom is 0.316 e. The Morgan fingerprint density at radius 3 is 2.71 bits per heavy atom. The number of hydrogen-bond donors (Lipinski definition) is 2. The normalized spacial score (nSPS) is 18.0. The van der Waals surface area contributed by atoms with Gasteiger partial charge in [-0.2, -0.15) is 10.2 Å². The highest BCUT2D eigenvalue weighted by atomic mass is 16.5. The number of benzene rings is 1. The number of carbonyl (C=O) groups excluding carboxylic acids is 1. The van der Waals surface area contributed by atoms with E-state index in [0.29, 0.717) is 40.1 Å². The van der Waals surface area contributed by atoms with Gasteiger partial charge in [0, 0.05) is 54.8 Å². The molecule has 0 spiro atoms. The van der Waals surface area contributed by atoms with Crippen molar-refractivity contribution in [2.45, 2.75) is 32.9 Å². The molecule has 0 saturated carbocycles. The number of nitriles is 1. The zero-order valence-corrected chi connectivity index (χ0v) is 20.0. The molecule has 0 bridgehead atoms. The minimum absolute atomic E-state index is 0.188. The van der Waals surface area contributed by atoms with Crippen LogP contribution >= 0.6 is 0 Å². The van der Waals surface area contributed by atoms with E-state index in [1.54, 1.807) is 28.9 Å². The lowest BCUT2D eigenvalue weighted by Gasteiger charge is -2.38. The molecule has 1 fully saturated rings. The fraction of sp³-hybridized carbons (Fsp3) is 0.320. The smallest absolute Gasteiger partial charge is 0.316 e. The van der Waals surface area contributed by atoms with E-state index in [0.717, 1.165) is 29.9 Å². The second kappa shape index (κ2) is 8.85. The zero-order chi connectivity index (χ0) is 24.7. The summed E-state index contributed by atoms with van der Waals surface area (Å²) in [5.41, 5.74) is 4.07. The largest absolute Gasteiger partial charge is 0.467 e. The van der Waals surface area contributed by atoms with Crippen LogP contribution in [-0.2, 0) is 0 Å². The molecule has 4 aromatic rings. The highest BCUT2D eigenvalue weighted by molar-refractivity contribution is 6.14. The fourth-order valence-corrected chi connectivity index (χ4v) is 4.74. The van der Waals surface area contributed by atoms with Crippen LogP contribution in [0.2, 0.25) is 0 Å². The van der Waals surface area contributed by atoms with Gasteiger partial charge >= 0.3 is 6.01 Å². The van der Waals surface area contributed by atoms with Gasteiger partial charge in [-0.15, -0.1) is 0 Å². The van der Waals surface area contributed by atoms with Crippen LogP contribution in [0.15, 0.2) is 36.8 Å². The Morgan fingerprint density at radius 1 is 1.23 bits per heavy atom. The van der Waals surface area contributed by atoms with Crippen molar-refractivity contribution in [1.82, 2.24) is 24.7 Å². The maximum atomic E-state index is 13.4. The van der Waals surface area contributed by atoms with Gasteiger partial charge in [0.1, 0.15) is 6.07 Å². The SMILES string of the molecule is COc1ncc2c(N3C[C@@H](C)N[C@H](C)C3)ccc(C(=O)Nc3cc(C#N)c4nc(C)cn4c3)c2n1. The molecular weight excluding hydrogens is 444 g/mol. The number of piperazine rings is 1. The molecule has 1 saturated heterocycles. The lowest BCUT2D eigenvalue weighted by atomic mass is 10.0. The van der Waals surface area contributed by atoms with Gasteiger partial charge in [0.05, 0.1) is 35.1 Å². The summed E-state index contributed by atoms with van der Waals surface area (Å²) in [7, 11) is 1.50. The summed E-state index contributed by atoms with van der Waals surface area (Å²) in [6, 6.07) is 8.33. The average molecular weight is 471 g/mol. The predicted molar refractivity (Wildman–Crippen MR) is 133 cm³/mol. The third kappa shape index (κ3) is 4.22. The van der Waals surface area contributed by atoms with Crippen molar-refractivity contribution in [2.75, 3.05) is 30.4 Å². The quantitative estimate of drug-likeness (QED) is 0.467. The van der Waals surface area contributed by atoms with Gasteiger partial charge in [-0.3, -0.25) is 4.79 Å². The summed E-state index contributed by atoms with van der Waals surface area (Å²) in [4.78, 5) is 28.9. The summed E-state index contributed by atoms with van der Waals surface area (Å²) in [5, 5.41) is 16.8. The van der Waals surface area contributed by atoms with E-state index >= 15 is 0 Å². The highest BCUT2D eigenvalue weighted by Crippen LogP contribution is 2.31. The van der Waals surface area contributed by atoms with Crippen LogP contribution < -0.4 is 20.3 Å². The number of aromatic nitrogens is 4. The lowest BCUT2D eigenvalue weighted by Crippen LogP contribution is -2.54. The molecule has 1 aliphatic rings. The molecule has 4 heterocycles. The number of fused-ring (bicyclic) bond motifs is 2. The summed E-state index contributed by atoms with van der Waals surface area (Å²) < 4.78 is 6.99. The number of ether oxygens (including phenoxy) is 1. The number of pyridine rings is 1. The third-order valence-electron chi connectivity index (χ3n) is 6.08. The minimum Gasteiger partial charge on any atom is -0.467 e. The predicted octanol–water partition coefficient (Wildman–Crippen LogP) is 2.91. The molecule has 178 valence electrons. The highest BCUT2D eigenvalue weighted by Gasteiger charge is 2.25. The van der Waals surface area contributed by atoms with E-state index in [9.17, 15) is 10.1 Å². The van der Waals surface area contributed by atoms with E-state index in [2.05, 4.69) is 50.4 Å². The van der Waals surface area contributed by atoms with Crippen molar-refractivity contribution in [3.63, 3.8) is 0 Å².